The van der Waals surface area contributed by atoms with E-state index in [0.29, 0.717) is 11.7 Å². The number of rotatable bonds is 4. The molecular weight excluding hydrogens is 323 g/mol. The van der Waals surface area contributed by atoms with Gasteiger partial charge in [0.15, 0.2) is 5.11 Å². The van der Waals surface area contributed by atoms with E-state index in [1.54, 1.807) is 19.2 Å². The molecule has 2 N–H and O–H groups in total. The molecule has 0 aliphatic rings. The zero-order valence-corrected chi connectivity index (χ0v) is 13.8. The first-order valence-corrected chi connectivity index (χ1v) is 7.41. The first-order chi connectivity index (χ1) is 10.5. The zero-order chi connectivity index (χ0) is 16.1. The van der Waals surface area contributed by atoms with Crippen LogP contribution in [0.1, 0.15) is 11.1 Å². The lowest BCUT2D eigenvalue weighted by Gasteiger charge is -2.13. The topological polar surface area (TPSA) is 33.3 Å². The summed E-state index contributed by atoms with van der Waals surface area (Å²) in [5.74, 6) is 0.364. The summed E-state index contributed by atoms with van der Waals surface area (Å²) in [6, 6.07) is 10.3. The van der Waals surface area contributed by atoms with E-state index in [4.69, 9.17) is 28.6 Å². The Morgan fingerprint density at radius 1 is 1.27 bits per heavy atom. The first kappa shape index (κ1) is 16.5. The van der Waals surface area contributed by atoms with Gasteiger partial charge in [-0.1, -0.05) is 17.7 Å². The fraction of sp³-hybridized carbons (Fsp3) is 0.188. The second kappa shape index (κ2) is 7.42. The van der Waals surface area contributed by atoms with Gasteiger partial charge in [0.25, 0.3) is 0 Å². The van der Waals surface area contributed by atoms with Gasteiger partial charge in [-0.3, -0.25) is 0 Å². The third-order valence-corrected chi connectivity index (χ3v) is 3.65. The molecule has 0 atom stereocenters. The van der Waals surface area contributed by atoms with Crippen LogP contribution in [0.3, 0.4) is 0 Å². The fourth-order valence-corrected chi connectivity index (χ4v) is 2.29. The standard InChI is InChI=1S/C16H16ClFN2OS/c1-10-7-12(21-2)4-6-15(10)20-16(22)19-9-11-3-5-14(18)13(17)8-11/h3-8H,9H2,1-2H3,(H2,19,20,22). The van der Waals surface area contributed by atoms with E-state index in [1.165, 1.54) is 6.07 Å². The number of ether oxygens (including phenoxy) is 1. The average Bonchev–Trinajstić information content (AvgIpc) is 2.50. The third kappa shape index (κ3) is 4.32. The predicted molar refractivity (Wildman–Crippen MR) is 92.2 cm³/mol. The van der Waals surface area contributed by atoms with Crippen LogP contribution in [0.4, 0.5) is 10.1 Å². The number of aryl methyl sites for hydroxylation is 1. The molecule has 0 bridgehead atoms. The molecule has 0 aliphatic heterocycles. The largest absolute Gasteiger partial charge is 0.497 e. The van der Waals surface area contributed by atoms with Gasteiger partial charge in [-0.05, 0) is 60.6 Å². The summed E-state index contributed by atoms with van der Waals surface area (Å²) in [7, 11) is 1.63. The number of halogens is 2. The summed E-state index contributed by atoms with van der Waals surface area (Å²) in [6.07, 6.45) is 0. The molecule has 0 aromatic heterocycles. The SMILES string of the molecule is COc1ccc(NC(=S)NCc2ccc(F)c(Cl)c2)c(C)c1. The van der Waals surface area contributed by atoms with Gasteiger partial charge in [0.1, 0.15) is 11.6 Å². The molecule has 0 radical (unpaired) electrons. The molecule has 2 rings (SSSR count). The lowest BCUT2D eigenvalue weighted by molar-refractivity contribution is 0.414. The van der Waals surface area contributed by atoms with Crippen molar-refractivity contribution in [3.05, 3.63) is 58.4 Å². The Hall–Kier alpha value is -1.85. The van der Waals surface area contributed by atoms with Crippen LogP contribution < -0.4 is 15.4 Å². The number of nitrogens with one attached hydrogen (secondary N) is 2. The molecule has 0 heterocycles. The van der Waals surface area contributed by atoms with Crippen LogP contribution in [0, 0.1) is 12.7 Å². The summed E-state index contributed by atoms with van der Waals surface area (Å²) in [5.41, 5.74) is 2.77. The predicted octanol–water partition coefficient (Wildman–Crippen LogP) is 4.28. The van der Waals surface area contributed by atoms with Gasteiger partial charge in [0, 0.05) is 12.2 Å². The molecule has 2 aromatic rings. The molecule has 0 spiro atoms. The Morgan fingerprint density at radius 2 is 2.05 bits per heavy atom. The molecule has 0 aliphatic carbocycles. The summed E-state index contributed by atoms with van der Waals surface area (Å²) in [6.45, 7) is 2.42. The lowest BCUT2D eigenvalue weighted by Crippen LogP contribution is -2.28. The fourth-order valence-electron chi connectivity index (χ4n) is 1.90. The Bertz CT molecular complexity index is 694. The van der Waals surface area contributed by atoms with Gasteiger partial charge in [-0.15, -0.1) is 0 Å². The second-order valence-corrected chi connectivity index (χ2v) is 5.55. The number of thiocarbonyl (C=S) groups is 1. The molecular formula is C16H16ClFN2OS. The maximum absolute atomic E-state index is 13.1. The zero-order valence-electron chi connectivity index (χ0n) is 12.2. The van der Waals surface area contributed by atoms with Crippen molar-refractivity contribution in [2.75, 3.05) is 12.4 Å². The van der Waals surface area contributed by atoms with E-state index in [0.717, 1.165) is 22.6 Å². The molecule has 0 fully saturated rings. The molecule has 0 saturated carbocycles. The van der Waals surface area contributed by atoms with Gasteiger partial charge in [-0.25, -0.2) is 4.39 Å². The molecule has 0 amide bonds. The van der Waals surface area contributed by atoms with E-state index in [1.807, 2.05) is 25.1 Å². The van der Waals surface area contributed by atoms with Gasteiger partial charge in [0.05, 0.1) is 12.1 Å². The van der Waals surface area contributed by atoms with Crippen molar-refractivity contribution in [3.8, 4) is 5.75 Å². The van der Waals surface area contributed by atoms with Crippen molar-refractivity contribution >= 4 is 34.6 Å². The number of hydrogen-bond acceptors (Lipinski definition) is 2. The number of anilines is 1. The van der Waals surface area contributed by atoms with Crippen LogP contribution in [0.15, 0.2) is 36.4 Å². The highest BCUT2D eigenvalue weighted by atomic mass is 35.5. The normalized spacial score (nSPS) is 10.2. The van der Waals surface area contributed by atoms with Crippen molar-refractivity contribution < 1.29 is 9.13 Å². The minimum atomic E-state index is -0.431. The molecule has 2 aromatic carbocycles. The van der Waals surface area contributed by atoms with Crippen LogP contribution in [0.5, 0.6) is 5.75 Å². The summed E-state index contributed by atoms with van der Waals surface area (Å²) in [5, 5.41) is 6.75. The third-order valence-electron chi connectivity index (χ3n) is 3.12. The molecule has 22 heavy (non-hydrogen) atoms. The maximum atomic E-state index is 13.1. The Labute approximate surface area is 139 Å². The summed E-state index contributed by atoms with van der Waals surface area (Å²) in [4.78, 5) is 0. The quantitative estimate of drug-likeness (QED) is 0.815. The molecule has 6 heteroatoms. The molecule has 116 valence electrons. The van der Waals surface area contributed by atoms with Crippen molar-refractivity contribution in [1.29, 1.82) is 0 Å². The molecule has 3 nitrogen and oxygen atoms in total. The van der Waals surface area contributed by atoms with Crippen LogP contribution in [0.25, 0.3) is 0 Å². The minimum absolute atomic E-state index is 0.101. The van der Waals surface area contributed by atoms with Gasteiger partial charge < -0.3 is 15.4 Å². The summed E-state index contributed by atoms with van der Waals surface area (Å²) >= 11 is 11.0. The van der Waals surface area contributed by atoms with Crippen molar-refractivity contribution in [2.45, 2.75) is 13.5 Å². The highest BCUT2D eigenvalue weighted by Crippen LogP contribution is 2.21. The van der Waals surface area contributed by atoms with Gasteiger partial charge in [0.2, 0.25) is 0 Å². The average molecular weight is 339 g/mol. The van der Waals surface area contributed by atoms with E-state index >= 15 is 0 Å². The number of hydrogen-bond donors (Lipinski definition) is 2. The Balaban J connectivity index is 1.94. The Morgan fingerprint density at radius 3 is 2.68 bits per heavy atom. The van der Waals surface area contributed by atoms with Crippen LogP contribution in [0.2, 0.25) is 5.02 Å². The number of benzene rings is 2. The van der Waals surface area contributed by atoms with Crippen LogP contribution in [-0.2, 0) is 6.54 Å². The van der Waals surface area contributed by atoms with Crippen LogP contribution >= 0.6 is 23.8 Å². The smallest absolute Gasteiger partial charge is 0.171 e. The highest BCUT2D eigenvalue weighted by Gasteiger charge is 2.04. The lowest BCUT2D eigenvalue weighted by atomic mass is 10.2. The summed E-state index contributed by atoms with van der Waals surface area (Å²) < 4.78 is 18.3. The first-order valence-electron chi connectivity index (χ1n) is 6.63. The van der Waals surface area contributed by atoms with Gasteiger partial charge >= 0.3 is 0 Å². The number of methoxy groups -OCH3 is 1. The van der Waals surface area contributed by atoms with E-state index in [9.17, 15) is 4.39 Å². The Kier molecular flexibility index (Phi) is 5.57. The van der Waals surface area contributed by atoms with Crippen molar-refractivity contribution in [2.24, 2.45) is 0 Å². The van der Waals surface area contributed by atoms with Crippen molar-refractivity contribution in [1.82, 2.24) is 5.32 Å². The van der Waals surface area contributed by atoms with E-state index in [2.05, 4.69) is 10.6 Å². The van der Waals surface area contributed by atoms with Gasteiger partial charge in [-0.2, -0.15) is 0 Å². The second-order valence-electron chi connectivity index (χ2n) is 4.74. The van der Waals surface area contributed by atoms with Crippen molar-refractivity contribution in [3.63, 3.8) is 0 Å². The maximum Gasteiger partial charge on any atom is 0.171 e. The molecule has 0 unspecified atom stereocenters. The monoisotopic (exact) mass is 338 g/mol. The highest BCUT2D eigenvalue weighted by molar-refractivity contribution is 7.80. The molecule has 0 saturated heterocycles. The minimum Gasteiger partial charge on any atom is -0.497 e. The van der Waals surface area contributed by atoms with E-state index < -0.39 is 5.82 Å². The van der Waals surface area contributed by atoms with Crippen LogP contribution in [-0.4, -0.2) is 12.2 Å². The van der Waals surface area contributed by atoms with E-state index in [-0.39, 0.29) is 5.02 Å².